The van der Waals surface area contributed by atoms with E-state index in [4.69, 9.17) is 16.4 Å². The molecule has 0 unspecified atom stereocenters. The van der Waals surface area contributed by atoms with Gasteiger partial charge in [0.25, 0.3) is 0 Å². The van der Waals surface area contributed by atoms with Crippen molar-refractivity contribution in [3.05, 3.63) is 63.4 Å². The molecule has 0 saturated heterocycles. The van der Waals surface area contributed by atoms with Gasteiger partial charge in [-0.3, -0.25) is 0 Å². The predicted molar refractivity (Wildman–Crippen MR) is 85.8 cm³/mol. The summed E-state index contributed by atoms with van der Waals surface area (Å²) in [5, 5.41) is 6.26. The molecule has 0 radical (unpaired) electrons. The fraction of sp³-hybridized carbons (Fsp3) is 0.125. The van der Waals surface area contributed by atoms with Gasteiger partial charge in [0.05, 0.1) is 11.2 Å². The second kappa shape index (κ2) is 6.24. The molecule has 0 amide bonds. The van der Waals surface area contributed by atoms with Gasteiger partial charge in [-0.25, -0.2) is 4.79 Å². The molecule has 2 aromatic rings. The lowest BCUT2D eigenvalue weighted by molar-refractivity contribution is 0.0525. The molecule has 3 nitrogen and oxygen atoms in total. The third-order valence-electron chi connectivity index (χ3n) is 3.27. The third-order valence-corrected chi connectivity index (χ3v) is 4.56. The molecule has 0 N–H and O–H groups in total. The number of halogens is 1. The average molecular weight is 318 g/mol. The maximum absolute atomic E-state index is 11.7. The van der Waals surface area contributed by atoms with Crippen molar-refractivity contribution in [2.75, 3.05) is 0 Å². The monoisotopic (exact) mass is 317 g/mol. The van der Waals surface area contributed by atoms with E-state index >= 15 is 0 Å². The minimum atomic E-state index is -0.450. The summed E-state index contributed by atoms with van der Waals surface area (Å²) in [7, 11) is 0. The highest BCUT2D eigenvalue weighted by Gasteiger charge is 2.16. The Morgan fingerprint density at radius 1 is 1.24 bits per heavy atom. The maximum Gasteiger partial charge on any atom is 0.375 e. The first-order chi connectivity index (χ1) is 10.3. The summed E-state index contributed by atoms with van der Waals surface area (Å²) in [6, 6.07) is 11.5. The molecule has 0 fully saturated rings. The molecule has 0 bridgehead atoms. The number of benzene rings is 1. The molecular formula is C16H12ClNO2S. The van der Waals surface area contributed by atoms with Crippen molar-refractivity contribution >= 4 is 40.2 Å². The van der Waals surface area contributed by atoms with Crippen LogP contribution < -0.4 is 0 Å². The number of carbonyl (C=O) groups excluding carboxylic acids is 1. The van der Waals surface area contributed by atoms with Crippen LogP contribution in [0.3, 0.4) is 0 Å². The number of carbonyl (C=O) groups is 1. The molecule has 21 heavy (non-hydrogen) atoms. The zero-order valence-corrected chi connectivity index (χ0v) is 12.7. The van der Waals surface area contributed by atoms with Gasteiger partial charge in [-0.1, -0.05) is 47.1 Å². The van der Waals surface area contributed by atoms with E-state index < -0.39 is 5.97 Å². The molecule has 106 valence electrons. The van der Waals surface area contributed by atoms with E-state index in [9.17, 15) is 4.79 Å². The highest BCUT2D eigenvalue weighted by atomic mass is 35.5. The van der Waals surface area contributed by atoms with E-state index in [-0.39, 0.29) is 0 Å². The van der Waals surface area contributed by atoms with E-state index in [1.807, 2.05) is 23.6 Å². The molecule has 3 rings (SSSR count). The Labute approximate surface area is 131 Å². The standard InChI is InChI=1S/C16H12ClNO2S/c17-15-12(8-7-11-4-1-2-5-13(11)15)10-18-20-16(19)14-6-3-9-21-14/h1-6,9-10H,7-8H2/b18-10-. The lowest BCUT2D eigenvalue weighted by Gasteiger charge is -2.16. The van der Waals surface area contributed by atoms with Gasteiger partial charge in [0.2, 0.25) is 0 Å². The van der Waals surface area contributed by atoms with Crippen LogP contribution in [0.5, 0.6) is 0 Å². The Hall–Kier alpha value is -1.91. The molecule has 1 aliphatic rings. The zero-order valence-electron chi connectivity index (χ0n) is 11.1. The predicted octanol–water partition coefficient (Wildman–Crippen LogP) is 4.49. The number of nitrogens with zero attached hydrogens (tertiary/aromatic N) is 1. The molecule has 0 saturated carbocycles. The van der Waals surface area contributed by atoms with E-state index in [0.29, 0.717) is 9.91 Å². The minimum Gasteiger partial charge on any atom is -0.312 e. The van der Waals surface area contributed by atoms with Crippen LogP contribution in [0.2, 0.25) is 0 Å². The zero-order chi connectivity index (χ0) is 14.7. The Balaban J connectivity index is 1.73. The van der Waals surface area contributed by atoms with Gasteiger partial charge >= 0.3 is 5.97 Å². The van der Waals surface area contributed by atoms with Gasteiger partial charge in [0.15, 0.2) is 0 Å². The van der Waals surface area contributed by atoms with Crippen LogP contribution in [0, 0.1) is 0 Å². The molecule has 1 aliphatic carbocycles. The van der Waals surface area contributed by atoms with Crippen LogP contribution in [0.25, 0.3) is 5.03 Å². The Morgan fingerprint density at radius 3 is 2.90 bits per heavy atom. The summed E-state index contributed by atoms with van der Waals surface area (Å²) in [4.78, 5) is 17.1. The van der Waals surface area contributed by atoms with Gasteiger partial charge < -0.3 is 4.84 Å². The minimum absolute atomic E-state index is 0.450. The van der Waals surface area contributed by atoms with Crippen molar-refractivity contribution in [3.63, 3.8) is 0 Å². The fourth-order valence-electron chi connectivity index (χ4n) is 2.20. The van der Waals surface area contributed by atoms with Crippen LogP contribution in [0.4, 0.5) is 0 Å². The number of allylic oxidation sites excluding steroid dienone is 1. The van der Waals surface area contributed by atoms with Crippen molar-refractivity contribution in [1.82, 2.24) is 0 Å². The highest BCUT2D eigenvalue weighted by Crippen LogP contribution is 2.33. The van der Waals surface area contributed by atoms with E-state index in [1.54, 1.807) is 12.1 Å². The van der Waals surface area contributed by atoms with Crippen molar-refractivity contribution in [2.45, 2.75) is 12.8 Å². The lowest BCUT2D eigenvalue weighted by Crippen LogP contribution is -2.04. The number of hydrogen-bond acceptors (Lipinski definition) is 4. The van der Waals surface area contributed by atoms with Crippen molar-refractivity contribution in [2.24, 2.45) is 5.16 Å². The molecule has 0 aliphatic heterocycles. The van der Waals surface area contributed by atoms with Crippen LogP contribution in [0.1, 0.15) is 27.2 Å². The first kappa shape index (κ1) is 14.0. The van der Waals surface area contributed by atoms with Crippen LogP contribution in [-0.4, -0.2) is 12.2 Å². The fourth-order valence-corrected chi connectivity index (χ4v) is 3.13. The first-order valence-electron chi connectivity index (χ1n) is 6.51. The normalized spacial score (nSPS) is 14.3. The summed E-state index contributed by atoms with van der Waals surface area (Å²) >= 11 is 7.70. The second-order valence-electron chi connectivity index (χ2n) is 4.59. The molecule has 0 spiro atoms. The summed E-state index contributed by atoms with van der Waals surface area (Å²) in [6.07, 6.45) is 3.23. The number of fused-ring (bicyclic) bond motifs is 1. The van der Waals surface area contributed by atoms with Gasteiger partial charge in [-0.2, -0.15) is 0 Å². The average Bonchev–Trinajstić information content (AvgIpc) is 3.04. The number of thiophene rings is 1. The summed E-state index contributed by atoms with van der Waals surface area (Å²) in [6.45, 7) is 0. The molecule has 1 aromatic heterocycles. The highest BCUT2D eigenvalue weighted by molar-refractivity contribution is 7.11. The van der Waals surface area contributed by atoms with E-state index in [0.717, 1.165) is 24.0 Å². The number of oxime groups is 1. The molecule has 1 aromatic carbocycles. The summed E-state index contributed by atoms with van der Waals surface area (Å²) in [5.41, 5.74) is 3.14. The van der Waals surface area contributed by atoms with Crippen LogP contribution in [-0.2, 0) is 11.3 Å². The van der Waals surface area contributed by atoms with Gasteiger partial charge in [-0.15, -0.1) is 11.3 Å². The topological polar surface area (TPSA) is 38.7 Å². The summed E-state index contributed by atoms with van der Waals surface area (Å²) < 4.78 is 0. The van der Waals surface area contributed by atoms with Crippen LogP contribution >= 0.6 is 22.9 Å². The maximum atomic E-state index is 11.7. The molecule has 1 heterocycles. The van der Waals surface area contributed by atoms with Gasteiger partial charge in [0.1, 0.15) is 4.88 Å². The van der Waals surface area contributed by atoms with E-state index in [1.165, 1.54) is 23.1 Å². The van der Waals surface area contributed by atoms with Crippen molar-refractivity contribution < 1.29 is 9.63 Å². The summed E-state index contributed by atoms with van der Waals surface area (Å²) in [5.74, 6) is -0.450. The largest absolute Gasteiger partial charge is 0.375 e. The van der Waals surface area contributed by atoms with E-state index in [2.05, 4.69) is 11.2 Å². The Kier molecular flexibility index (Phi) is 4.18. The third kappa shape index (κ3) is 3.06. The number of aryl methyl sites for hydroxylation is 1. The SMILES string of the molecule is O=C(O/N=C\C1=C(Cl)c2ccccc2CC1)c1cccs1. The Bertz CT molecular complexity index is 720. The smallest absolute Gasteiger partial charge is 0.312 e. The van der Waals surface area contributed by atoms with Crippen LogP contribution in [0.15, 0.2) is 52.5 Å². The Morgan fingerprint density at radius 2 is 2.10 bits per heavy atom. The molecule has 5 heteroatoms. The number of hydrogen-bond donors (Lipinski definition) is 0. The van der Waals surface area contributed by atoms with Crippen molar-refractivity contribution in [1.29, 1.82) is 0 Å². The second-order valence-corrected chi connectivity index (χ2v) is 5.91. The quantitative estimate of drug-likeness (QED) is 0.475. The molecular weight excluding hydrogens is 306 g/mol. The first-order valence-corrected chi connectivity index (χ1v) is 7.76. The van der Waals surface area contributed by atoms with Gasteiger partial charge in [-0.05, 0) is 41.0 Å². The lowest BCUT2D eigenvalue weighted by atomic mass is 9.92. The molecule has 0 atom stereocenters. The number of rotatable bonds is 3. The van der Waals surface area contributed by atoms with Gasteiger partial charge in [0, 0.05) is 0 Å². The van der Waals surface area contributed by atoms with Crippen molar-refractivity contribution in [3.8, 4) is 0 Å².